The third kappa shape index (κ3) is 2.19. The van der Waals surface area contributed by atoms with Gasteiger partial charge in [0.2, 0.25) is 0 Å². The van der Waals surface area contributed by atoms with Crippen LogP contribution in [0.4, 0.5) is 0 Å². The van der Waals surface area contributed by atoms with Crippen LogP contribution in [0.25, 0.3) is 0 Å². The highest BCUT2D eigenvalue weighted by Gasteiger charge is 2.38. The summed E-state index contributed by atoms with van der Waals surface area (Å²) in [6.07, 6.45) is 8.31. The van der Waals surface area contributed by atoms with Crippen molar-refractivity contribution >= 4 is 23.5 Å². The van der Waals surface area contributed by atoms with Crippen molar-refractivity contribution in [2.45, 2.75) is 49.0 Å². The molecule has 0 amide bonds. The Balaban J connectivity index is 1.84. The zero-order valence-corrected chi connectivity index (χ0v) is 9.80. The van der Waals surface area contributed by atoms with Crippen molar-refractivity contribution in [1.29, 1.82) is 0 Å². The van der Waals surface area contributed by atoms with Crippen LogP contribution < -0.4 is 0 Å². The summed E-state index contributed by atoms with van der Waals surface area (Å²) in [6.45, 7) is 0. The lowest BCUT2D eigenvalue weighted by Crippen LogP contribution is -2.48. The maximum Gasteiger partial charge on any atom is 0.120 e. The van der Waals surface area contributed by atoms with Crippen molar-refractivity contribution < 1.29 is 4.74 Å². The fraction of sp³-hybridized carbons (Fsp3) is 0.727. The fourth-order valence-electron chi connectivity index (χ4n) is 2.37. The van der Waals surface area contributed by atoms with Crippen LogP contribution in [0.3, 0.4) is 0 Å². The summed E-state index contributed by atoms with van der Waals surface area (Å²) in [5, 5.41) is 3.19. The highest BCUT2D eigenvalue weighted by molar-refractivity contribution is 6.39. The van der Waals surface area contributed by atoms with E-state index in [4.69, 9.17) is 28.3 Å². The third-order valence-electron chi connectivity index (χ3n) is 3.50. The molecule has 6 heteroatoms. The van der Waals surface area contributed by atoms with E-state index in [2.05, 4.69) is 5.10 Å². The summed E-state index contributed by atoms with van der Waals surface area (Å²) in [4.78, 5) is 0. The number of hydrogen-bond acceptors (Lipinski definition) is 2. The van der Waals surface area contributed by atoms with Crippen molar-refractivity contribution in [2.24, 2.45) is 0 Å². The smallest absolute Gasteiger partial charge is 0.120 e. The molecule has 1 saturated heterocycles. The third-order valence-corrected chi connectivity index (χ3v) is 3.50. The van der Waals surface area contributed by atoms with Crippen molar-refractivity contribution in [3.05, 3.63) is 18.0 Å². The average Bonchev–Trinajstić information content (AvgIpc) is 2.94. The van der Waals surface area contributed by atoms with Crippen LogP contribution in [0.5, 0.6) is 0 Å². The van der Waals surface area contributed by atoms with Gasteiger partial charge in [-0.1, -0.05) is 0 Å². The van der Waals surface area contributed by atoms with E-state index in [1.807, 2.05) is 10.9 Å². The topological polar surface area (TPSA) is 27.1 Å². The molecule has 1 aromatic rings. The number of ether oxygens (including phenoxy) is 1. The minimum atomic E-state index is -1.13. The Morgan fingerprint density at radius 2 is 2.06 bits per heavy atom. The maximum atomic E-state index is 6.25. The Hall–Kier alpha value is -0.635. The van der Waals surface area contributed by atoms with Gasteiger partial charge >= 0.3 is 0 Å². The molecule has 1 atom stereocenters. The molecule has 2 fully saturated rings. The number of aromatic nitrogens is 2. The van der Waals surface area contributed by atoms with E-state index < -0.39 is 10.9 Å². The highest BCUT2D eigenvalue weighted by atomic mass is 16.5. The van der Waals surface area contributed by atoms with Gasteiger partial charge in [-0.3, -0.25) is 4.68 Å². The van der Waals surface area contributed by atoms with Gasteiger partial charge in [-0.15, -0.1) is 0 Å². The van der Waals surface area contributed by atoms with Gasteiger partial charge in [0.05, 0.1) is 33.4 Å². The lowest BCUT2D eigenvalue weighted by Gasteiger charge is -2.44. The molecule has 0 bridgehead atoms. The number of nitrogens with zero attached hydrogens (tertiary/aromatic N) is 2. The van der Waals surface area contributed by atoms with E-state index in [9.17, 15) is 0 Å². The van der Waals surface area contributed by atoms with Gasteiger partial charge in [0.1, 0.15) is 7.85 Å². The van der Waals surface area contributed by atoms with Gasteiger partial charge in [-0.05, 0) is 37.5 Å². The molecule has 6 radical (unpaired) electrons. The highest BCUT2D eigenvalue weighted by Crippen LogP contribution is 2.39. The van der Waals surface area contributed by atoms with Crippen LogP contribution in [-0.2, 0) is 10.2 Å². The van der Waals surface area contributed by atoms with Gasteiger partial charge in [0, 0.05) is 11.8 Å². The molecule has 1 aromatic heterocycles. The maximum absolute atomic E-state index is 6.25. The molecule has 0 aromatic carbocycles. The first-order valence-corrected chi connectivity index (χ1v) is 6.10. The van der Waals surface area contributed by atoms with Gasteiger partial charge in [-0.2, -0.15) is 5.10 Å². The summed E-state index contributed by atoms with van der Waals surface area (Å²) in [6, 6.07) is 0.538. The molecule has 1 unspecified atom stereocenters. The normalized spacial score (nSPS) is 32.5. The molecule has 0 N–H and O–H groups in total. The predicted octanol–water partition coefficient (Wildman–Crippen LogP) is 0.731. The molecule has 17 heavy (non-hydrogen) atoms. The van der Waals surface area contributed by atoms with Crippen LogP contribution >= 0.6 is 0 Å². The second-order valence-electron chi connectivity index (χ2n) is 5.24. The molecular formula is C11H13B3N2O. The predicted molar refractivity (Wildman–Crippen MR) is 67.1 cm³/mol. The Bertz CT molecular complexity index is 430. The lowest BCUT2D eigenvalue weighted by molar-refractivity contribution is -0.0663. The summed E-state index contributed by atoms with van der Waals surface area (Å²) >= 11 is 0. The molecular weight excluding hydrogens is 209 g/mol. The molecule has 2 heterocycles. The van der Waals surface area contributed by atoms with Crippen LogP contribution in [0.2, 0.25) is 0 Å². The molecule has 0 spiro atoms. The molecule has 2 aliphatic rings. The van der Waals surface area contributed by atoms with E-state index in [0.717, 1.165) is 18.4 Å². The average molecular weight is 222 g/mol. The van der Waals surface area contributed by atoms with Gasteiger partial charge in [0.15, 0.2) is 0 Å². The van der Waals surface area contributed by atoms with Gasteiger partial charge < -0.3 is 4.74 Å². The second-order valence-corrected chi connectivity index (χ2v) is 5.24. The Labute approximate surface area is 106 Å². The summed E-state index contributed by atoms with van der Waals surface area (Å²) < 4.78 is 7.60. The summed E-state index contributed by atoms with van der Waals surface area (Å²) in [5.41, 5.74) is -0.0288. The van der Waals surface area contributed by atoms with Crippen LogP contribution in [-0.4, -0.2) is 38.7 Å². The van der Waals surface area contributed by atoms with E-state index in [1.54, 1.807) is 6.20 Å². The van der Waals surface area contributed by atoms with Crippen LogP contribution in [0.15, 0.2) is 12.4 Å². The van der Waals surface area contributed by atoms with Gasteiger partial charge in [-0.25, -0.2) is 0 Å². The minimum Gasteiger partial charge on any atom is -0.393 e. The standard InChI is InChI=1S/C11H13B3N2O/c12-10(4-1-5-11(13,14)17-10)8-6-15-16(7-8)9-2-3-9/h6-7,9H,1-5H2. The molecule has 1 aliphatic heterocycles. The van der Waals surface area contributed by atoms with E-state index in [1.165, 1.54) is 12.8 Å². The van der Waals surface area contributed by atoms with E-state index >= 15 is 0 Å². The lowest BCUT2D eigenvalue weighted by atomic mass is 9.57. The first kappa shape index (κ1) is 11.5. The monoisotopic (exact) mass is 222 g/mol. The van der Waals surface area contributed by atoms with Gasteiger partial charge in [0.25, 0.3) is 0 Å². The molecule has 82 valence electrons. The molecule has 1 aliphatic carbocycles. The van der Waals surface area contributed by atoms with Crippen LogP contribution in [0, 0.1) is 0 Å². The fourth-order valence-corrected chi connectivity index (χ4v) is 2.37. The quantitative estimate of drug-likeness (QED) is 0.689. The first-order chi connectivity index (χ1) is 7.99. The SMILES string of the molecule is [B]C1([B])CCCC([B])(c2cnn(C3CC3)c2)O1. The molecule has 1 saturated carbocycles. The summed E-state index contributed by atoms with van der Waals surface area (Å²) in [7, 11) is 17.9. The van der Waals surface area contributed by atoms with Crippen molar-refractivity contribution in [2.75, 3.05) is 0 Å². The van der Waals surface area contributed by atoms with Crippen LogP contribution in [0.1, 0.15) is 43.7 Å². The van der Waals surface area contributed by atoms with Crippen molar-refractivity contribution in [3.8, 4) is 0 Å². The number of rotatable bonds is 2. The number of hydrogen-bond donors (Lipinski definition) is 0. The molecule has 3 rings (SSSR count). The van der Waals surface area contributed by atoms with Crippen molar-refractivity contribution in [1.82, 2.24) is 9.78 Å². The Morgan fingerprint density at radius 3 is 2.71 bits per heavy atom. The second kappa shape index (κ2) is 3.68. The molecule has 3 nitrogen and oxygen atoms in total. The van der Waals surface area contributed by atoms with E-state index in [-0.39, 0.29) is 0 Å². The largest absolute Gasteiger partial charge is 0.393 e. The van der Waals surface area contributed by atoms with E-state index in [0.29, 0.717) is 12.5 Å². The zero-order valence-electron chi connectivity index (χ0n) is 9.80. The Kier molecular flexibility index (Phi) is 2.48. The summed E-state index contributed by atoms with van der Waals surface area (Å²) in [5.74, 6) is 0. The minimum absolute atomic E-state index is 0.538. The Morgan fingerprint density at radius 1 is 1.29 bits per heavy atom. The first-order valence-electron chi connectivity index (χ1n) is 6.10. The van der Waals surface area contributed by atoms with Crippen molar-refractivity contribution in [3.63, 3.8) is 0 Å². The zero-order chi connectivity index (χ0) is 12.1.